The van der Waals surface area contributed by atoms with E-state index in [1.807, 2.05) is 0 Å². The van der Waals surface area contributed by atoms with Crippen molar-refractivity contribution in [1.29, 1.82) is 0 Å². The summed E-state index contributed by atoms with van der Waals surface area (Å²) in [6, 6.07) is 1.91. The van der Waals surface area contributed by atoms with Crippen LogP contribution in [0.3, 0.4) is 0 Å². The van der Waals surface area contributed by atoms with Crippen molar-refractivity contribution in [2.45, 2.75) is 45.3 Å². The first-order valence-corrected chi connectivity index (χ1v) is 7.87. The standard InChI is InChI=1S/C15H31N3O/c1-5-16-15(14-6-7-19-11-14)10-18-8-12(2)17(4)13(3)9-18/h12-16H,5-11H2,1-4H3. The van der Waals surface area contributed by atoms with Crippen LogP contribution in [0, 0.1) is 5.92 Å². The largest absolute Gasteiger partial charge is 0.381 e. The molecule has 0 bridgehead atoms. The van der Waals surface area contributed by atoms with Gasteiger partial charge in [0.1, 0.15) is 0 Å². The quantitative estimate of drug-likeness (QED) is 0.807. The first kappa shape index (κ1) is 15.2. The molecule has 4 atom stereocenters. The zero-order chi connectivity index (χ0) is 13.8. The van der Waals surface area contributed by atoms with E-state index < -0.39 is 0 Å². The third-order valence-corrected chi connectivity index (χ3v) is 4.89. The molecule has 2 aliphatic rings. The summed E-state index contributed by atoms with van der Waals surface area (Å²) in [6.45, 7) is 13.4. The molecule has 0 aromatic carbocycles. The van der Waals surface area contributed by atoms with E-state index >= 15 is 0 Å². The second-order valence-electron chi connectivity index (χ2n) is 6.37. The summed E-state index contributed by atoms with van der Waals surface area (Å²) in [6.07, 6.45) is 1.22. The Morgan fingerprint density at radius 1 is 1.26 bits per heavy atom. The van der Waals surface area contributed by atoms with Crippen LogP contribution in [-0.2, 0) is 4.74 Å². The molecule has 4 nitrogen and oxygen atoms in total. The van der Waals surface area contributed by atoms with E-state index in [1.54, 1.807) is 0 Å². The molecule has 0 spiro atoms. The Bertz CT molecular complexity index is 256. The number of hydrogen-bond acceptors (Lipinski definition) is 4. The molecule has 2 heterocycles. The highest BCUT2D eigenvalue weighted by Crippen LogP contribution is 2.20. The molecule has 0 aromatic heterocycles. The van der Waals surface area contributed by atoms with Crippen LogP contribution < -0.4 is 5.32 Å². The van der Waals surface area contributed by atoms with Gasteiger partial charge in [0.2, 0.25) is 0 Å². The summed E-state index contributed by atoms with van der Waals surface area (Å²) in [5.41, 5.74) is 0. The molecular formula is C15H31N3O. The fourth-order valence-electron chi connectivity index (χ4n) is 3.45. The van der Waals surface area contributed by atoms with Gasteiger partial charge >= 0.3 is 0 Å². The lowest BCUT2D eigenvalue weighted by molar-refractivity contribution is 0.0487. The highest BCUT2D eigenvalue weighted by molar-refractivity contribution is 4.88. The van der Waals surface area contributed by atoms with Crippen LogP contribution in [0.2, 0.25) is 0 Å². The van der Waals surface area contributed by atoms with E-state index in [1.165, 1.54) is 26.1 Å². The molecule has 19 heavy (non-hydrogen) atoms. The van der Waals surface area contributed by atoms with Gasteiger partial charge in [-0.3, -0.25) is 9.80 Å². The molecule has 2 rings (SSSR count). The minimum absolute atomic E-state index is 0.593. The third kappa shape index (κ3) is 3.91. The topological polar surface area (TPSA) is 27.7 Å². The Morgan fingerprint density at radius 3 is 2.47 bits per heavy atom. The van der Waals surface area contributed by atoms with Gasteiger partial charge in [0.05, 0.1) is 6.61 Å². The summed E-state index contributed by atoms with van der Waals surface area (Å²) >= 11 is 0. The number of hydrogen-bond donors (Lipinski definition) is 1. The Kier molecular flexibility index (Phi) is 5.63. The number of nitrogens with zero attached hydrogens (tertiary/aromatic N) is 2. The van der Waals surface area contributed by atoms with E-state index in [0.29, 0.717) is 24.0 Å². The fraction of sp³-hybridized carbons (Fsp3) is 1.00. The van der Waals surface area contributed by atoms with Crippen molar-refractivity contribution in [2.24, 2.45) is 5.92 Å². The van der Waals surface area contributed by atoms with E-state index in [2.05, 4.69) is 42.9 Å². The number of ether oxygens (including phenoxy) is 1. The monoisotopic (exact) mass is 269 g/mol. The van der Waals surface area contributed by atoms with E-state index in [9.17, 15) is 0 Å². The van der Waals surface area contributed by atoms with Crippen LogP contribution in [0.4, 0.5) is 0 Å². The summed E-state index contributed by atoms with van der Waals surface area (Å²) in [5, 5.41) is 3.68. The van der Waals surface area contributed by atoms with Gasteiger partial charge < -0.3 is 10.1 Å². The SMILES string of the molecule is CCNC(CN1CC(C)N(C)C(C)C1)C1CCOC1. The van der Waals surface area contributed by atoms with Gasteiger partial charge in [0.15, 0.2) is 0 Å². The molecule has 0 radical (unpaired) electrons. The van der Waals surface area contributed by atoms with Gasteiger partial charge in [-0.05, 0) is 33.9 Å². The van der Waals surface area contributed by atoms with Crippen LogP contribution in [0.5, 0.6) is 0 Å². The molecule has 112 valence electrons. The second kappa shape index (κ2) is 7.02. The maximum Gasteiger partial charge on any atom is 0.0510 e. The second-order valence-corrected chi connectivity index (χ2v) is 6.37. The average Bonchev–Trinajstić information content (AvgIpc) is 2.89. The van der Waals surface area contributed by atoms with Crippen LogP contribution in [0.1, 0.15) is 27.2 Å². The molecule has 0 amide bonds. The predicted octanol–water partition coefficient (Wildman–Crippen LogP) is 1.03. The Labute approximate surface area is 118 Å². The number of likely N-dealkylation sites (N-methyl/N-ethyl adjacent to an activating group) is 2. The van der Waals surface area contributed by atoms with Crippen molar-refractivity contribution in [3.63, 3.8) is 0 Å². The highest BCUT2D eigenvalue weighted by atomic mass is 16.5. The molecule has 0 aromatic rings. The maximum atomic E-state index is 5.57. The summed E-state index contributed by atoms with van der Waals surface area (Å²) in [7, 11) is 2.25. The van der Waals surface area contributed by atoms with Crippen molar-refractivity contribution in [1.82, 2.24) is 15.1 Å². The lowest BCUT2D eigenvalue weighted by Gasteiger charge is -2.44. The van der Waals surface area contributed by atoms with Gasteiger partial charge in [0.25, 0.3) is 0 Å². The van der Waals surface area contributed by atoms with Crippen LogP contribution in [0.25, 0.3) is 0 Å². The highest BCUT2D eigenvalue weighted by Gasteiger charge is 2.31. The zero-order valence-corrected chi connectivity index (χ0v) is 13.1. The molecule has 4 heteroatoms. The molecule has 2 saturated heterocycles. The molecule has 2 aliphatic heterocycles. The maximum absolute atomic E-state index is 5.57. The van der Waals surface area contributed by atoms with Gasteiger partial charge in [-0.25, -0.2) is 0 Å². The lowest BCUT2D eigenvalue weighted by atomic mass is 9.97. The summed E-state index contributed by atoms with van der Waals surface area (Å²) in [4.78, 5) is 5.14. The minimum Gasteiger partial charge on any atom is -0.381 e. The fourth-order valence-corrected chi connectivity index (χ4v) is 3.45. The van der Waals surface area contributed by atoms with Crippen LogP contribution in [-0.4, -0.2) is 74.4 Å². The van der Waals surface area contributed by atoms with Crippen LogP contribution in [0.15, 0.2) is 0 Å². The molecular weight excluding hydrogens is 238 g/mol. The Balaban J connectivity index is 1.89. The smallest absolute Gasteiger partial charge is 0.0510 e. The number of rotatable bonds is 5. The van der Waals surface area contributed by atoms with Crippen molar-refractivity contribution in [3.8, 4) is 0 Å². The molecule has 0 saturated carbocycles. The van der Waals surface area contributed by atoms with Crippen LogP contribution >= 0.6 is 0 Å². The molecule has 1 N–H and O–H groups in total. The number of nitrogens with one attached hydrogen (secondary N) is 1. The first-order chi connectivity index (χ1) is 9.11. The predicted molar refractivity (Wildman–Crippen MR) is 79.5 cm³/mol. The zero-order valence-electron chi connectivity index (χ0n) is 13.1. The summed E-state index contributed by atoms with van der Waals surface area (Å²) < 4.78 is 5.57. The van der Waals surface area contributed by atoms with Crippen molar-refractivity contribution in [2.75, 3.05) is 46.4 Å². The first-order valence-electron chi connectivity index (χ1n) is 7.87. The van der Waals surface area contributed by atoms with E-state index in [4.69, 9.17) is 4.74 Å². The normalized spacial score (nSPS) is 35.7. The Morgan fingerprint density at radius 2 is 1.95 bits per heavy atom. The Hall–Kier alpha value is -0.160. The van der Waals surface area contributed by atoms with Crippen molar-refractivity contribution in [3.05, 3.63) is 0 Å². The lowest BCUT2D eigenvalue weighted by Crippen LogP contribution is -2.58. The van der Waals surface area contributed by atoms with Gasteiger partial charge in [0, 0.05) is 50.3 Å². The third-order valence-electron chi connectivity index (χ3n) is 4.89. The minimum atomic E-state index is 0.593. The summed E-state index contributed by atoms with van der Waals surface area (Å²) in [5.74, 6) is 0.699. The van der Waals surface area contributed by atoms with Crippen molar-refractivity contribution < 1.29 is 4.74 Å². The molecule has 4 unspecified atom stereocenters. The average molecular weight is 269 g/mol. The van der Waals surface area contributed by atoms with Gasteiger partial charge in [-0.15, -0.1) is 0 Å². The van der Waals surface area contributed by atoms with E-state index in [-0.39, 0.29) is 0 Å². The van der Waals surface area contributed by atoms with Gasteiger partial charge in [-0.1, -0.05) is 6.92 Å². The molecule has 0 aliphatic carbocycles. The van der Waals surface area contributed by atoms with Gasteiger partial charge in [-0.2, -0.15) is 0 Å². The van der Waals surface area contributed by atoms with Crippen molar-refractivity contribution >= 4 is 0 Å². The molecule has 2 fully saturated rings. The number of piperazine rings is 1. The van der Waals surface area contributed by atoms with E-state index in [0.717, 1.165) is 19.8 Å².